The molecular formula is C17H19Cl2N3OS. The summed E-state index contributed by atoms with van der Waals surface area (Å²) in [4.78, 5) is 20.9. The molecule has 0 radical (unpaired) electrons. The van der Waals surface area contributed by atoms with Gasteiger partial charge in [0.1, 0.15) is 0 Å². The van der Waals surface area contributed by atoms with Crippen molar-refractivity contribution in [2.24, 2.45) is 0 Å². The highest BCUT2D eigenvalue weighted by Crippen LogP contribution is 2.25. The number of hydrogen-bond acceptors (Lipinski definition) is 4. The van der Waals surface area contributed by atoms with Gasteiger partial charge in [-0.05, 0) is 51.0 Å². The lowest BCUT2D eigenvalue weighted by Gasteiger charge is -2.15. The second-order valence-corrected chi connectivity index (χ2v) is 7.31. The highest BCUT2D eigenvalue weighted by atomic mass is 35.5. The summed E-state index contributed by atoms with van der Waals surface area (Å²) in [5, 5.41) is 4.53. The van der Waals surface area contributed by atoms with Gasteiger partial charge in [0.2, 0.25) is 5.91 Å². The van der Waals surface area contributed by atoms with Crippen molar-refractivity contribution in [2.45, 2.75) is 38.9 Å². The average molecular weight is 384 g/mol. The van der Waals surface area contributed by atoms with Crippen LogP contribution in [0.5, 0.6) is 0 Å². The minimum absolute atomic E-state index is 0.0851. The second-order valence-electron chi connectivity index (χ2n) is 5.55. The van der Waals surface area contributed by atoms with E-state index in [2.05, 4.69) is 15.3 Å². The molecule has 2 aromatic rings. The van der Waals surface area contributed by atoms with E-state index < -0.39 is 0 Å². The normalized spacial score (nSPS) is 12.1. The summed E-state index contributed by atoms with van der Waals surface area (Å²) in [5.41, 5.74) is 3.86. The van der Waals surface area contributed by atoms with Gasteiger partial charge in [-0.3, -0.25) is 4.79 Å². The molecule has 1 N–H and O–H groups in total. The van der Waals surface area contributed by atoms with Crippen molar-refractivity contribution >= 4 is 40.9 Å². The van der Waals surface area contributed by atoms with Gasteiger partial charge in [0.05, 0.1) is 21.8 Å². The smallest absolute Gasteiger partial charge is 0.230 e. The predicted octanol–water partition coefficient (Wildman–Crippen LogP) is 4.68. The quantitative estimate of drug-likeness (QED) is 0.601. The first-order chi connectivity index (χ1) is 11.3. The van der Waals surface area contributed by atoms with E-state index in [9.17, 15) is 4.79 Å². The summed E-state index contributed by atoms with van der Waals surface area (Å²) in [7, 11) is 0. The Kier molecular flexibility index (Phi) is 6.49. The topological polar surface area (TPSA) is 54.9 Å². The van der Waals surface area contributed by atoms with Crippen molar-refractivity contribution in [3.8, 4) is 0 Å². The summed E-state index contributed by atoms with van der Waals surface area (Å²) in [6.45, 7) is 7.78. The fraction of sp³-hybridized carbons (Fsp3) is 0.353. The number of aromatic nitrogens is 2. The number of carbonyl (C=O) groups is 1. The minimum Gasteiger partial charge on any atom is -0.349 e. The van der Waals surface area contributed by atoms with Crippen molar-refractivity contribution < 1.29 is 4.79 Å². The number of nitrogens with one attached hydrogen (secondary N) is 1. The third-order valence-corrected chi connectivity index (χ3v) is 5.35. The van der Waals surface area contributed by atoms with Crippen LogP contribution in [0.3, 0.4) is 0 Å². The number of rotatable bonds is 5. The molecule has 7 heteroatoms. The SMILES string of the molecule is Cc1nc(SCC(=O)N[C@@H](C)c2ccc(Cl)c(Cl)c2)nc(C)c1C. The van der Waals surface area contributed by atoms with Crippen molar-refractivity contribution in [1.29, 1.82) is 0 Å². The number of benzene rings is 1. The van der Waals surface area contributed by atoms with E-state index in [1.54, 1.807) is 12.1 Å². The van der Waals surface area contributed by atoms with Crippen LogP contribution in [0.25, 0.3) is 0 Å². The Morgan fingerprint density at radius 3 is 2.38 bits per heavy atom. The number of amides is 1. The lowest BCUT2D eigenvalue weighted by molar-refractivity contribution is -0.119. The molecule has 0 bridgehead atoms. The molecule has 0 saturated carbocycles. The van der Waals surface area contributed by atoms with Crippen LogP contribution in [0.2, 0.25) is 10.0 Å². The molecule has 1 amide bonds. The molecule has 2 rings (SSSR count). The van der Waals surface area contributed by atoms with Crippen LogP contribution >= 0.6 is 35.0 Å². The third-order valence-electron chi connectivity index (χ3n) is 3.77. The summed E-state index contributed by atoms with van der Waals surface area (Å²) in [5.74, 6) is 0.172. The van der Waals surface area contributed by atoms with E-state index in [0.717, 1.165) is 22.5 Å². The summed E-state index contributed by atoms with van der Waals surface area (Å²) >= 11 is 13.2. The van der Waals surface area contributed by atoms with Crippen LogP contribution in [0.4, 0.5) is 0 Å². The maximum absolute atomic E-state index is 12.1. The minimum atomic E-state index is -0.157. The average Bonchev–Trinajstić information content (AvgIpc) is 2.53. The number of carbonyl (C=O) groups excluding carboxylic acids is 1. The van der Waals surface area contributed by atoms with Crippen LogP contribution in [0, 0.1) is 20.8 Å². The standard InChI is InChI=1S/C17H19Cl2N3OS/c1-9-10(2)21-17(22-11(9)3)24-8-16(23)20-12(4)13-5-6-14(18)15(19)7-13/h5-7,12H,8H2,1-4H3,(H,20,23)/t12-/m0/s1. The van der Waals surface area contributed by atoms with Gasteiger partial charge in [0, 0.05) is 11.4 Å². The largest absolute Gasteiger partial charge is 0.349 e. The predicted molar refractivity (Wildman–Crippen MR) is 100.0 cm³/mol. The Bertz CT molecular complexity index is 744. The van der Waals surface area contributed by atoms with Gasteiger partial charge in [-0.15, -0.1) is 0 Å². The number of nitrogens with zero attached hydrogens (tertiary/aromatic N) is 2. The van der Waals surface area contributed by atoms with Crippen LogP contribution in [0.15, 0.2) is 23.4 Å². The molecule has 0 spiro atoms. The Morgan fingerprint density at radius 2 is 1.79 bits per heavy atom. The molecule has 1 atom stereocenters. The summed E-state index contributed by atoms with van der Waals surface area (Å²) in [6.07, 6.45) is 0. The summed E-state index contributed by atoms with van der Waals surface area (Å²) in [6, 6.07) is 5.18. The van der Waals surface area contributed by atoms with Crippen LogP contribution in [-0.4, -0.2) is 21.6 Å². The van der Waals surface area contributed by atoms with Gasteiger partial charge in [-0.2, -0.15) is 0 Å². The molecule has 1 heterocycles. The Labute approximate surface area is 156 Å². The van der Waals surface area contributed by atoms with E-state index in [1.165, 1.54) is 11.8 Å². The van der Waals surface area contributed by atoms with E-state index in [4.69, 9.17) is 23.2 Å². The number of halogens is 2. The highest BCUT2D eigenvalue weighted by Gasteiger charge is 2.13. The number of hydrogen-bond donors (Lipinski definition) is 1. The van der Waals surface area contributed by atoms with Crippen LogP contribution in [0.1, 0.15) is 35.5 Å². The van der Waals surface area contributed by atoms with Gasteiger partial charge in [-0.1, -0.05) is 41.0 Å². The number of aryl methyl sites for hydroxylation is 2. The molecule has 0 saturated heterocycles. The molecule has 0 aliphatic carbocycles. The van der Waals surface area contributed by atoms with Gasteiger partial charge in [0.15, 0.2) is 5.16 Å². The van der Waals surface area contributed by atoms with Crippen molar-refractivity contribution in [3.63, 3.8) is 0 Å². The first-order valence-electron chi connectivity index (χ1n) is 7.47. The zero-order valence-corrected chi connectivity index (χ0v) is 16.3. The fourth-order valence-electron chi connectivity index (χ4n) is 2.08. The first-order valence-corrected chi connectivity index (χ1v) is 9.21. The van der Waals surface area contributed by atoms with E-state index in [-0.39, 0.29) is 17.7 Å². The molecule has 4 nitrogen and oxygen atoms in total. The van der Waals surface area contributed by atoms with E-state index >= 15 is 0 Å². The molecule has 0 aliphatic heterocycles. The fourth-order valence-corrected chi connectivity index (χ4v) is 3.14. The maximum atomic E-state index is 12.1. The van der Waals surface area contributed by atoms with Gasteiger partial charge in [0.25, 0.3) is 0 Å². The van der Waals surface area contributed by atoms with Crippen molar-refractivity contribution in [1.82, 2.24) is 15.3 Å². The third kappa shape index (κ3) is 4.85. The van der Waals surface area contributed by atoms with E-state index in [1.807, 2.05) is 33.8 Å². The highest BCUT2D eigenvalue weighted by molar-refractivity contribution is 7.99. The first kappa shape index (κ1) is 19.0. The van der Waals surface area contributed by atoms with Crippen LogP contribution in [-0.2, 0) is 4.79 Å². The van der Waals surface area contributed by atoms with Gasteiger partial charge >= 0.3 is 0 Å². The lowest BCUT2D eigenvalue weighted by atomic mass is 10.1. The molecular weight excluding hydrogens is 365 g/mol. The summed E-state index contributed by atoms with van der Waals surface area (Å²) < 4.78 is 0. The van der Waals surface area contributed by atoms with Gasteiger partial charge in [-0.25, -0.2) is 9.97 Å². The Hall–Kier alpha value is -1.30. The zero-order chi connectivity index (χ0) is 17.9. The van der Waals surface area contributed by atoms with Crippen molar-refractivity contribution in [2.75, 3.05) is 5.75 Å². The van der Waals surface area contributed by atoms with Crippen LogP contribution < -0.4 is 5.32 Å². The van der Waals surface area contributed by atoms with E-state index in [0.29, 0.717) is 15.2 Å². The zero-order valence-electron chi connectivity index (χ0n) is 14.0. The molecule has 24 heavy (non-hydrogen) atoms. The maximum Gasteiger partial charge on any atom is 0.230 e. The Morgan fingerprint density at radius 1 is 1.17 bits per heavy atom. The molecule has 0 unspecified atom stereocenters. The lowest BCUT2D eigenvalue weighted by Crippen LogP contribution is -2.28. The van der Waals surface area contributed by atoms with Gasteiger partial charge < -0.3 is 5.32 Å². The Balaban J connectivity index is 1.94. The molecule has 0 aliphatic rings. The molecule has 128 valence electrons. The second kappa shape index (κ2) is 8.19. The number of thioether (sulfide) groups is 1. The molecule has 1 aromatic carbocycles. The monoisotopic (exact) mass is 383 g/mol. The molecule has 1 aromatic heterocycles. The van der Waals surface area contributed by atoms with Crippen molar-refractivity contribution in [3.05, 3.63) is 50.8 Å². The molecule has 0 fully saturated rings.